The number of nitrogens with one attached hydrogen (secondary N) is 2. The Morgan fingerprint density at radius 2 is 1.32 bits per heavy atom. The van der Waals surface area contributed by atoms with Crippen molar-refractivity contribution in [3.05, 3.63) is 95.1 Å². The zero-order valence-corrected chi connectivity index (χ0v) is 20.4. The third-order valence-corrected chi connectivity index (χ3v) is 5.66. The Morgan fingerprint density at radius 1 is 0.706 bits per heavy atom. The molecular formula is C27H17N4NaO2. The van der Waals surface area contributed by atoms with Gasteiger partial charge in [-0.3, -0.25) is 0 Å². The van der Waals surface area contributed by atoms with Crippen molar-refractivity contribution in [1.82, 2.24) is 19.9 Å². The fourth-order valence-corrected chi connectivity index (χ4v) is 4.20. The number of aromatic amines is 2. The van der Waals surface area contributed by atoms with Crippen LogP contribution in [0.5, 0.6) is 0 Å². The molecular weight excluding hydrogens is 435 g/mol. The number of carboxylic acid groups (broad SMARTS) is 1. The number of aromatic carboxylic acids is 1. The van der Waals surface area contributed by atoms with E-state index in [1.165, 1.54) is 0 Å². The van der Waals surface area contributed by atoms with Gasteiger partial charge in [0.1, 0.15) is 0 Å². The van der Waals surface area contributed by atoms with Crippen molar-refractivity contribution in [2.75, 3.05) is 0 Å². The van der Waals surface area contributed by atoms with Crippen molar-refractivity contribution in [2.45, 2.75) is 0 Å². The molecule has 0 radical (unpaired) electrons. The third kappa shape index (κ3) is 4.03. The largest absolute Gasteiger partial charge is 1.00 e. The fraction of sp³-hybridized carbons (Fsp3) is 0. The van der Waals surface area contributed by atoms with E-state index < -0.39 is 5.97 Å². The Morgan fingerprint density at radius 3 is 2.00 bits per heavy atom. The van der Waals surface area contributed by atoms with Crippen LogP contribution in [-0.4, -0.2) is 25.9 Å². The minimum Gasteiger partial charge on any atom is -0.545 e. The molecule has 0 saturated heterocycles. The van der Waals surface area contributed by atoms with Crippen molar-refractivity contribution < 1.29 is 39.5 Å². The van der Waals surface area contributed by atoms with Crippen LogP contribution in [0.2, 0.25) is 0 Å². The molecule has 0 aliphatic carbocycles. The Bertz CT molecular complexity index is 1650. The molecule has 158 valence electrons. The van der Waals surface area contributed by atoms with E-state index in [0.717, 1.165) is 39.1 Å². The predicted molar refractivity (Wildman–Crippen MR) is 129 cm³/mol. The quantitative estimate of drug-likeness (QED) is 0.391. The SMILES string of the molecule is O=C([O-])c1c2nc(c(-c3ccccc3)c3ccc(cc4nc(cc5ccc1[nH]5)C=C4)[nH]3)C=C2.[Na+]. The molecule has 0 unspecified atom stereocenters. The zero-order valence-electron chi connectivity index (χ0n) is 18.4. The molecule has 1 aromatic carbocycles. The van der Waals surface area contributed by atoms with E-state index in [0.29, 0.717) is 16.9 Å². The number of carbonyl (C=O) groups excluding carboxylic acids is 1. The number of carbonyl (C=O) groups is 1. The molecule has 2 N–H and O–H groups in total. The summed E-state index contributed by atoms with van der Waals surface area (Å²) in [6, 6.07) is 21.3. The second kappa shape index (κ2) is 8.91. The van der Waals surface area contributed by atoms with Crippen molar-refractivity contribution in [2.24, 2.45) is 0 Å². The van der Waals surface area contributed by atoms with E-state index in [2.05, 4.69) is 15.0 Å². The van der Waals surface area contributed by atoms with E-state index in [-0.39, 0.29) is 35.1 Å². The first kappa shape index (κ1) is 22.1. The maximum Gasteiger partial charge on any atom is 1.00 e. The first-order valence-electron chi connectivity index (χ1n) is 10.5. The van der Waals surface area contributed by atoms with Gasteiger partial charge in [0.15, 0.2) is 0 Å². The number of hydrogen-bond donors (Lipinski definition) is 2. The summed E-state index contributed by atoms with van der Waals surface area (Å²) < 4.78 is 0. The van der Waals surface area contributed by atoms with Gasteiger partial charge in [-0.25, -0.2) is 9.97 Å². The zero-order chi connectivity index (χ0) is 22.4. The standard InChI is InChI=1S/C27H18N4O2.Na/c32-27(33)26-23-11-9-20(30-23)15-18-7-6-17(28-18)14-19-8-10-21(29-19)25(16-4-2-1-3-5-16)22-12-13-24(26)31-22;/h1-15,29-30H,(H,32,33);/q;+1/p-1. The summed E-state index contributed by atoms with van der Waals surface area (Å²) in [5.74, 6) is -1.29. The summed E-state index contributed by atoms with van der Waals surface area (Å²) in [5.41, 5.74) is 7.42. The molecule has 7 heteroatoms. The molecule has 0 saturated carbocycles. The Labute approximate surface area is 217 Å². The van der Waals surface area contributed by atoms with Gasteiger partial charge in [0.05, 0.1) is 28.7 Å². The minimum atomic E-state index is -1.29. The van der Waals surface area contributed by atoms with Gasteiger partial charge in [0.25, 0.3) is 0 Å². The van der Waals surface area contributed by atoms with E-state index in [1.54, 1.807) is 12.1 Å². The second-order valence-electron chi connectivity index (χ2n) is 7.86. The van der Waals surface area contributed by atoms with E-state index in [1.807, 2.05) is 78.9 Å². The first-order valence-corrected chi connectivity index (χ1v) is 10.5. The molecule has 6 rings (SSSR count). The maximum atomic E-state index is 12.1. The van der Waals surface area contributed by atoms with Gasteiger partial charge in [-0.15, -0.1) is 0 Å². The van der Waals surface area contributed by atoms with Gasteiger partial charge in [-0.05, 0) is 66.3 Å². The Balaban J connectivity index is 0.00000241. The molecule has 34 heavy (non-hydrogen) atoms. The van der Waals surface area contributed by atoms with Crippen molar-refractivity contribution in [3.63, 3.8) is 0 Å². The summed E-state index contributed by atoms with van der Waals surface area (Å²) in [6.45, 7) is 0. The monoisotopic (exact) mass is 452 g/mol. The number of fused-ring (bicyclic) bond motifs is 8. The molecule has 0 atom stereocenters. The normalized spacial score (nSPS) is 11.9. The van der Waals surface area contributed by atoms with E-state index >= 15 is 0 Å². The summed E-state index contributed by atoms with van der Waals surface area (Å²) in [7, 11) is 0. The topological polar surface area (TPSA) is 97.5 Å². The molecule has 2 aliphatic heterocycles. The number of nitrogens with zero attached hydrogens (tertiary/aromatic N) is 2. The van der Waals surface area contributed by atoms with Crippen LogP contribution in [0.25, 0.3) is 57.5 Å². The van der Waals surface area contributed by atoms with Crippen LogP contribution >= 0.6 is 0 Å². The third-order valence-electron chi connectivity index (χ3n) is 5.66. The average Bonchev–Trinajstić information content (AvgIpc) is 3.60. The maximum absolute atomic E-state index is 12.1. The fourth-order valence-electron chi connectivity index (χ4n) is 4.20. The van der Waals surface area contributed by atoms with Crippen LogP contribution in [-0.2, 0) is 0 Å². The van der Waals surface area contributed by atoms with Crippen LogP contribution in [0.1, 0.15) is 33.1 Å². The average molecular weight is 452 g/mol. The van der Waals surface area contributed by atoms with Gasteiger partial charge >= 0.3 is 29.6 Å². The molecule has 4 aromatic rings. The Hall–Kier alpha value is -3.71. The molecule has 3 aromatic heterocycles. The van der Waals surface area contributed by atoms with Crippen molar-refractivity contribution in [1.29, 1.82) is 0 Å². The molecule has 0 fully saturated rings. The summed E-state index contributed by atoms with van der Waals surface area (Å²) in [5, 5.41) is 12.1. The van der Waals surface area contributed by atoms with Crippen LogP contribution in [0.15, 0.2) is 66.7 Å². The predicted octanol–water partition coefficient (Wildman–Crippen LogP) is 1.69. The number of aromatic nitrogens is 4. The van der Waals surface area contributed by atoms with Gasteiger partial charge < -0.3 is 19.9 Å². The number of carboxylic acids is 1. The Kier molecular flexibility index (Phi) is 5.79. The van der Waals surface area contributed by atoms with Crippen LogP contribution in [0, 0.1) is 0 Å². The van der Waals surface area contributed by atoms with Crippen LogP contribution in [0.3, 0.4) is 0 Å². The number of H-pyrrole nitrogens is 2. The smallest absolute Gasteiger partial charge is 0.545 e. The molecule has 2 aliphatic rings. The summed E-state index contributed by atoms with van der Waals surface area (Å²) >= 11 is 0. The summed E-state index contributed by atoms with van der Waals surface area (Å²) in [6.07, 6.45) is 7.42. The molecule has 5 heterocycles. The van der Waals surface area contributed by atoms with E-state index in [9.17, 15) is 9.90 Å². The van der Waals surface area contributed by atoms with E-state index in [4.69, 9.17) is 4.98 Å². The molecule has 8 bridgehead atoms. The number of benzene rings is 1. The number of hydrogen-bond acceptors (Lipinski definition) is 4. The first-order chi connectivity index (χ1) is 16.1. The molecule has 0 spiro atoms. The van der Waals surface area contributed by atoms with Gasteiger partial charge in [0.2, 0.25) is 0 Å². The summed E-state index contributed by atoms with van der Waals surface area (Å²) in [4.78, 5) is 28.1. The van der Waals surface area contributed by atoms with Crippen LogP contribution < -0.4 is 34.7 Å². The second-order valence-corrected chi connectivity index (χ2v) is 7.86. The van der Waals surface area contributed by atoms with Crippen molar-refractivity contribution >= 4 is 52.3 Å². The van der Waals surface area contributed by atoms with Crippen molar-refractivity contribution in [3.8, 4) is 11.1 Å². The minimum absolute atomic E-state index is 0. The van der Waals surface area contributed by atoms with Gasteiger partial charge in [-0.2, -0.15) is 0 Å². The van der Waals surface area contributed by atoms with Gasteiger partial charge in [-0.1, -0.05) is 30.3 Å². The molecule has 0 amide bonds. The van der Waals surface area contributed by atoms with Gasteiger partial charge in [0, 0.05) is 33.2 Å². The van der Waals surface area contributed by atoms with Crippen LogP contribution in [0.4, 0.5) is 0 Å². The molecule has 6 nitrogen and oxygen atoms in total. The number of rotatable bonds is 2.